The van der Waals surface area contributed by atoms with Gasteiger partial charge in [-0.15, -0.1) is 0 Å². The summed E-state index contributed by atoms with van der Waals surface area (Å²) in [5.41, 5.74) is 0.178. The molecule has 1 saturated heterocycles. The zero-order chi connectivity index (χ0) is 14.8. The first-order valence-corrected chi connectivity index (χ1v) is 7.47. The Hall–Kier alpha value is -1.17. The van der Waals surface area contributed by atoms with Gasteiger partial charge in [-0.05, 0) is 41.0 Å². The van der Waals surface area contributed by atoms with E-state index in [-0.39, 0.29) is 17.1 Å². The van der Waals surface area contributed by atoms with Crippen LogP contribution in [0.5, 0.6) is 0 Å². The molecule has 0 spiro atoms. The summed E-state index contributed by atoms with van der Waals surface area (Å²) >= 11 is 0. The van der Waals surface area contributed by atoms with E-state index >= 15 is 0 Å². The van der Waals surface area contributed by atoms with Crippen LogP contribution in [0.4, 0.5) is 0 Å². The maximum atomic E-state index is 12.3. The van der Waals surface area contributed by atoms with E-state index in [1.54, 1.807) is 0 Å². The average molecular weight is 282 g/mol. The van der Waals surface area contributed by atoms with Crippen molar-refractivity contribution in [1.29, 1.82) is 0 Å². The van der Waals surface area contributed by atoms with Gasteiger partial charge in [0.1, 0.15) is 0 Å². The largest absolute Gasteiger partial charge is 0.381 e. The van der Waals surface area contributed by atoms with Gasteiger partial charge in [0.05, 0.1) is 12.6 Å². The molecule has 2 rings (SSSR count). The van der Waals surface area contributed by atoms with Crippen LogP contribution in [-0.4, -0.2) is 33.0 Å². The Kier molecular flexibility index (Phi) is 4.62. The zero-order valence-electron chi connectivity index (χ0n) is 13.0. The third-order valence-corrected chi connectivity index (χ3v) is 3.64. The van der Waals surface area contributed by atoms with Crippen LogP contribution >= 0.6 is 0 Å². The molecule has 6 nitrogen and oxygen atoms in total. The maximum absolute atomic E-state index is 12.3. The summed E-state index contributed by atoms with van der Waals surface area (Å²) in [6, 6.07) is 0.142. The molecule has 1 aromatic heterocycles. The number of hydrogen-bond donors (Lipinski definition) is 0. The van der Waals surface area contributed by atoms with E-state index in [4.69, 9.17) is 4.74 Å². The fourth-order valence-electron chi connectivity index (χ4n) is 2.96. The SMILES string of the molecule is CC(Cn1nnn(C2CCOCC2)c1=O)CC(C)(C)C. The number of rotatable bonds is 4. The molecule has 114 valence electrons. The van der Waals surface area contributed by atoms with Crippen LogP contribution in [0.2, 0.25) is 0 Å². The van der Waals surface area contributed by atoms with Crippen molar-refractivity contribution in [1.82, 2.24) is 19.8 Å². The van der Waals surface area contributed by atoms with Crippen molar-refractivity contribution in [3.05, 3.63) is 10.5 Å². The van der Waals surface area contributed by atoms with E-state index in [1.807, 2.05) is 0 Å². The molecule has 2 heterocycles. The summed E-state index contributed by atoms with van der Waals surface area (Å²) in [4.78, 5) is 12.3. The monoisotopic (exact) mass is 282 g/mol. The number of hydrogen-bond acceptors (Lipinski definition) is 4. The van der Waals surface area contributed by atoms with Crippen LogP contribution < -0.4 is 5.69 Å². The summed E-state index contributed by atoms with van der Waals surface area (Å²) in [6.45, 7) is 10.8. The van der Waals surface area contributed by atoms with E-state index < -0.39 is 0 Å². The summed E-state index contributed by atoms with van der Waals surface area (Å²) in [5.74, 6) is 0.410. The number of ether oxygens (including phenoxy) is 1. The molecule has 0 aliphatic carbocycles. The van der Waals surface area contributed by atoms with Gasteiger partial charge >= 0.3 is 5.69 Å². The van der Waals surface area contributed by atoms with Crippen LogP contribution in [0.1, 0.15) is 53.0 Å². The molecule has 1 fully saturated rings. The topological polar surface area (TPSA) is 61.9 Å². The molecule has 0 amide bonds. The van der Waals surface area contributed by atoms with E-state index in [9.17, 15) is 4.79 Å². The first-order chi connectivity index (χ1) is 9.37. The van der Waals surface area contributed by atoms with Crippen molar-refractivity contribution >= 4 is 0 Å². The number of aromatic nitrogens is 4. The molecule has 1 atom stereocenters. The lowest BCUT2D eigenvalue weighted by molar-refractivity contribution is 0.0646. The summed E-state index contributed by atoms with van der Waals surface area (Å²) < 4.78 is 8.36. The Morgan fingerprint density at radius 3 is 2.55 bits per heavy atom. The third-order valence-electron chi connectivity index (χ3n) is 3.64. The molecular weight excluding hydrogens is 256 g/mol. The molecule has 1 aliphatic rings. The Labute approximate surface area is 120 Å². The number of tetrazole rings is 1. The smallest absolute Gasteiger partial charge is 0.363 e. The molecule has 1 aromatic rings. The minimum Gasteiger partial charge on any atom is -0.381 e. The molecule has 0 saturated carbocycles. The molecule has 0 radical (unpaired) electrons. The normalized spacial score (nSPS) is 19.2. The van der Waals surface area contributed by atoms with Gasteiger partial charge in [-0.25, -0.2) is 4.79 Å². The van der Waals surface area contributed by atoms with E-state index in [2.05, 4.69) is 38.1 Å². The Bertz CT molecular complexity index is 480. The first kappa shape index (κ1) is 15.2. The summed E-state index contributed by atoms with van der Waals surface area (Å²) in [5, 5.41) is 8.09. The van der Waals surface area contributed by atoms with Gasteiger partial charge in [-0.3, -0.25) is 0 Å². The third kappa shape index (κ3) is 3.91. The van der Waals surface area contributed by atoms with Crippen molar-refractivity contribution in [2.24, 2.45) is 11.3 Å². The second-order valence-electron chi connectivity index (χ2n) is 7.10. The average Bonchev–Trinajstić information content (AvgIpc) is 2.70. The van der Waals surface area contributed by atoms with Crippen LogP contribution in [-0.2, 0) is 11.3 Å². The predicted octanol–water partition coefficient (Wildman–Crippen LogP) is 1.86. The van der Waals surface area contributed by atoms with Crippen molar-refractivity contribution in [2.45, 2.75) is 59.5 Å². The minimum absolute atomic E-state index is 0.0855. The van der Waals surface area contributed by atoms with E-state index in [1.165, 1.54) is 9.36 Å². The first-order valence-electron chi connectivity index (χ1n) is 7.47. The molecule has 20 heavy (non-hydrogen) atoms. The quantitative estimate of drug-likeness (QED) is 0.845. The van der Waals surface area contributed by atoms with Gasteiger partial charge in [-0.2, -0.15) is 9.36 Å². The molecule has 0 bridgehead atoms. The lowest BCUT2D eigenvalue weighted by Crippen LogP contribution is -2.32. The predicted molar refractivity (Wildman–Crippen MR) is 76.6 cm³/mol. The molecular formula is C14H26N4O2. The molecule has 1 unspecified atom stereocenters. The fraction of sp³-hybridized carbons (Fsp3) is 0.929. The van der Waals surface area contributed by atoms with Crippen LogP contribution in [0, 0.1) is 11.3 Å². The zero-order valence-corrected chi connectivity index (χ0v) is 13.0. The van der Waals surface area contributed by atoms with Crippen molar-refractivity contribution < 1.29 is 4.74 Å². The van der Waals surface area contributed by atoms with Gasteiger partial charge in [0, 0.05) is 13.2 Å². The standard InChI is InChI=1S/C14H26N4O2/c1-11(9-14(2,3)4)10-17-13(19)18(16-15-17)12-5-7-20-8-6-12/h11-12H,5-10H2,1-4H3. The van der Waals surface area contributed by atoms with E-state index in [0.29, 0.717) is 25.7 Å². The lowest BCUT2D eigenvalue weighted by Gasteiger charge is -2.22. The van der Waals surface area contributed by atoms with Gasteiger partial charge in [-0.1, -0.05) is 27.7 Å². The van der Waals surface area contributed by atoms with Crippen molar-refractivity contribution in [3.63, 3.8) is 0 Å². The van der Waals surface area contributed by atoms with Crippen LogP contribution in [0.25, 0.3) is 0 Å². The van der Waals surface area contributed by atoms with Gasteiger partial charge < -0.3 is 4.74 Å². The Morgan fingerprint density at radius 2 is 1.95 bits per heavy atom. The van der Waals surface area contributed by atoms with Gasteiger partial charge in [0.25, 0.3) is 0 Å². The second kappa shape index (κ2) is 6.08. The lowest BCUT2D eigenvalue weighted by atomic mass is 9.85. The highest BCUT2D eigenvalue weighted by Gasteiger charge is 2.22. The molecule has 0 N–H and O–H groups in total. The Balaban J connectivity index is 2.03. The maximum Gasteiger partial charge on any atom is 0.363 e. The fourth-order valence-corrected chi connectivity index (χ4v) is 2.96. The highest BCUT2D eigenvalue weighted by atomic mass is 16.5. The molecule has 1 aliphatic heterocycles. The van der Waals surface area contributed by atoms with Gasteiger partial charge in [0.15, 0.2) is 0 Å². The summed E-state index contributed by atoms with van der Waals surface area (Å²) in [7, 11) is 0. The number of nitrogens with zero attached hydrogens (tertiary/aromatic N) is 4. The molecule has 0 aromatic carbocycles. The summed E-state index contributed by atoms with van der Waals surface area (Å²) in [6.07, 6.45) is 2.75. The van der Waals surface area contributed by atoms with Crippen LogP contribution in [0.3, 0.4) is 0 Å². The van der Waals surface area contributed by atoms with Crippen LogP contribution in [0.15, 0.2) is 4.79 Å². The van der Waals surface area contributed by atoms with E-state index in [0.717, 1.165) is 19.3 Å². The molecule has 6 heteroatoms. The van der Waals surface area contributed by atoms with Crippen molar-refractivity contribution in [3.8, 4) is 0 Å². The second-order valence-corrected chi connectivity index (χ2v) is 7.10. The minimum atomic E-state index is -0.0855. The highest BCUT2D eigenvalue weighted by molar-refractivity contribution is 4.73. The van der Waals surface area contributed by atoms with Crippen molar-refractivity contribution in [2.75, 3.05) is 13.2 Å². The van der Waals surface area contributed by atoms with Gasteiger partial charge in [0.2, 0.25) is 0 Å². The Morgan fingerprint density at radius 1 is 1.30 bits per heavy atom. The highest BCUT2D eigenvalue weighted by Crippen LogP contribution is 2.24.